The maximum atomic E-state index is 3.76. The summed E-state index contributed by atoms with van der Waals surface area (Å²) in [5.74, 6) is 0.644. The molecule has 0 saturated heterocycles. The van der Waals surface area contributed by atoms with Gasteiger partial charge < -0.3 is 0 Å². The van der Waals surface area contributed by atoms with Crippen LogP contribution in [0, 0.1) is 12.8 Å². The molecule has 1 radical (unpaired) electrons. The van der Waals surface area contributed by atoms with E-state index in [9.17, 15) is 0 Å². The summed E-state index contributed by atoms with van der Waals surface area (Å²) in [6.45, 7) is 8.10. The van der Waals surface area contributed by atoms with Gasteiger partial charge in [0.2, 0.25) is 0 Å². The van der Waals surface area contributed by atoms with Gasteiger partial charge in [-0.05, 0) is 23.2 Å². The van der Waals surface area contributed by atoms with Crippen LogP contribution in [-0.4, -0.2) is 0 Å². The predicted octanol–water partition coefficient (Wildman–Crippen LogP) is 3.54. The molecule has 0 aliphatic heterocycles. The molecule has 0 aromatic carbocycles. The van der Waals surface area contributed by atoms with Crippen molar-refractivity contribution in [2.75, 3.05) is 0 Å². The minimum Gasteiger partial charge on any atom is -0.0718 e. The van der Waals surface area contributed by atoms with Crippen molar-refractivity contribution in [1.29, 1.82) is 0 Å². The average molecular weight is 190 g/mol. The van der Waals surface area contributed by atoms with E-state index >= 15 is 0 Å². The first-order valence-electron chi connectivity index (χ1n) is 3.32. The summed E-state index contributed by atoms with van der Waals surface area (Å²) in [6, 6.07) is 0. The minimum absolute atomic E-state index is 0.644. The fourth-order valence-electron chi connectivity index (χ4n) is 0.614. The smallest absolute Gasteiger partial charge is 0.00866 e. The summed E-state index contributed by atoms with van der Waals surface area (Å²) < 4.78 is 1.28. The van der Waals surface area contributed by atoms with Gasteiger partial charge in [-0.3, -0.25) is 0 Å². The second-order valence-corrected chi connectivity index (χ2v) is 3.48. The monoisotopic (exact) mass is 189 g/mol. The number of hydrogen-bond acceptors (Lipinski definition) is 0. The lowest BCUT2D eigenvalue weighted by Gasteiger charge is -1.97. The molecule has 0 aromatic heterocycles. The lowest BCUT2D eigenvalue weighted by atomic mass is 10.2. The number of rotatable bonds is 3. The normalized spacial score (nSPS) is 12.8. The van der Waals surface area contributed by atoms with Crippen molar-refractivity contribution in [1.82, 2.24) is 0 Å². The Labute approximate surface area is 66.5 Å². The molecule has 0 rings (SSSR count). The zero-order valence-electron chi connectivity index (χ0n) is 6.15. The summed E-state index contributed by atoms with van der Waals surface area (Å²) in [5, 5.41) is 0. The molecule has 0 fully saturated rings. The molecule has 9 heavy (non-hydrogen) atoms. The molecule has 53 valence electrons. The SMILES string of the molecule is [CH2]CCC(Br)=CC(C)C. The van der Waals surface area contributed by atoms with E-state index in [1.807, 2.05) is 0 Å². The summed E-state index contributed by atoms with van der Waals surface area (Å²) in [7, 11) is 0. The molecule has 0 spiro atoms. The zero-order chi connectivity index (χ0) is 7.28. The third-order valence-corrected chi connectivity index (χ3v) is 1.59. The number of halogens is 1. The average Bonchev–Trinajstić information content (AvgIpc) is 1.63. The molecule has 0 N–H and O–H groups in total. The molecule has 0 aromatic rings. The first kappa shape index (κ1) is 9.22. The van der Waals surface area contributed by atoms with Gasteiger partial charge in [0.1, 0.15) is 0 Å². The molecule has 0 saturated carbocycles. The molecule has 0 nitrogen and oxygen atoms in total. The summed E-state index contributed by atoms with van der Waals surface area (Å²) in [5.41, 5.74) is 0. The lowest BCUT2D eigenvalue weighted by molar-refractivity contribution is 0.820. The second-order valence-electron chi connectivity index (χ2n) is 2.46. The largest absolute Gasteiger partial charge is 0.0718 e. The molecular weight excluding hydrogens is 176 g/mol. The Bertz CT molecular complexity index is 92.7. The predicted molar refractivity (Wildman–Crippen MR) is 46.4 cm³/mol. The summed E-state index contributed by atoms with van der Waals surface area (Å²) in [4.78, 5) is 0. The van der Waals surface area contributed by atoms with Crippen molar-refractivity contribution in [2.24, 2.45) is 5.92 Å². The van der Waals surface area contributed by atoms with E-state index in [1.54, 1.807) is 0 Å². The summed E-state index contributed by atoms with van der Waals surface area (Å²) in [6.07, 6.45) is 4.26. The number of hydrogen-bond donors (Lipinski definition) is 0. The van der Waals surface area contributed by atoms with Crippen LogP contribution in [0.2, 0.25) is 0 Å². The van der Waals surface area contributed by atoms with Crippen molar-refractivity contribution >= 4 is 15.9 Å². The maximum Gasteiger partial charge on any atom is -0.00866 e. The van der Waals surface area contributed by atoms with Gasteiger partial charge in [0.15, 0.2) is 0 Å². The van der Waals surface area contributed by atoms with E-state index in [2.05, 4.69) is 42.8 Å². The quantitative estimate of drug-likeness (QED) is 0.638. The van der Waals surface area contributed by atoms with Gasteiger partial charge >= 0.3 is 0 Å². The van der Waals surface area contributed by atoms with Crippen LogP contribution in [0.5, 0.6) is 0 Å². The fourth-order valence-corrected chi connectivity index (χ4v) is 1.42. The van der Waals surface area contributed by atoms with Gasteiger partial charge in [-0.2, -0.15) is 0 Å². The minimum atomic E-state index is 0.644. The van der Waals surface area contributed by atoms with E-state index in [4.69, 9.17) is 0 Å². The van der Waals surface area contributed by atoms with E-state index < -0.39 is 0 Å². The Morgan fingerprint density at radius 2 is 2.22 bits per heavy atom. The topological polar surface area (TPSA) is 0 Å². The van der Waals surface area contributed by atoms with Crippen LogP contribution in [0.25, 0.3) is 0 Å². The molecule has 0 bridgehead atoms. The van der Waals surface area contributed by atoms with Crippen LogP contribution in [0.15, 0.2) is 10.6 Å². The maximum absolute atomic E-state index is 3.76. The van der Waals surface area contributed by atoms with E-state index in [1.165, 1.54) is 4.48 Å². The van der Waals surface area contributed by atoms with Crippen molar-refractivity contribution < 1.29 is 0 Å². The molecular formula is C8H14Br. The molecule has 0 atom stereocenters. The first-order chi connectivity index (χ1) is 4.16. The van der Waals surface area contributed by atoms with Crippen molar-refractivity contribution in [2.45, 2.75) is 26.7 Å². The van der Waals surface area contributed by atoms with Crippen LogP contribution in [0.3, 0.4) is 0 Å². The molecule has 0 aliphatic rings. The third kappa shape index (κ3) is 6.10. The second kappa shape index (κ2) is 5.04. The van der Waals surface area contributed by atoms with Crippen LogP contribution >= 0.6 is 15.9 Å². The highest BCUT2D eigenvalue weighted by molar-refractivity contribution is 9.11. The Hall–Kier alpha value is 0.220. The lowest BCUT2D eigenvalue weighted by Crippen LogP contribution is -1.80. The van der Waals surface area contributed by atoms with Crippen LogP contribution in [0.1, 0.15) is 26.7 Å². The van der Waals surface area contributed by atoms with Crippen molar-refractivity contribution in [3.8, 4) is 0 Å². The summed E-state index contributed by atoms with van der Waals surface area (Å²) >= 11 is 3.46. The number of allylic oxidation sites excluding steroid dienone is 2. The molecule has 0 aliphatic carbocycles. The van der Waals surface area contributed by atoms with Gasteiger partial charge in [-0.1, -0.05) is 42.8 Å². The van der Waals surface area contributed by atoms with E-state index in [-0.39, 0.29) is 0 Å². The van der Waals surface area contributed by atoms with Gasteiger partial charge in [0.05, 0.1) is 0 Å². The van der Waals surface area contributed by atoms with E-state index in [0.29, 0.717) is 5.92 Å². The Morgan fingerprint density at radius 1 is 1.67 bits per heavy atom. The van der Waals surface area contributed by atoms with Crippen molar-refractivity contribution in [3.63, 3.8) is 0 Å². The molecule has 0 heterocycles. The van der Waals surface area contributed by atoms with Gasteiger partial charge in [0.25, 0.3) is 0 Å². The van der Waals surface area contributed by atoms with Gasteiger partial charge in [-0.25, -0.2) is 0 Å². The molecule has 0 unspecified atom stereocenters. The standard InChI is InChI=1S/C8H14Br/c1-4-5-8(9)6-7(2)3/h6-7H,1,4-5H2,2-3H3. The Morgan fingerprint density at radius 3 is 2.56 bits per heavy atom. The van der Waals surface area contributed by atoms with Crippen LogP contribution in [0.4, 0.5) is 0 Å². The van der Waals surface area contributed by atoms with Crippen LogP contribution < -0.4 is 0 Å². The highest BCUT2D eigenvalue weighted by Gasteiger charge is 1.90. The van der Waals surface area contributed by atoms with Gasteiger partial charge in [-0.15, -0.1) is 0 Å². The Balaban J connectivity index is 3.55. The third-order valence-electron chi connectivity index (χ3n) is 0.930. The zero-order valence-corrected chi connectivity index (χ0v) is 7.74. The highest BCUT2D eigenvalue weighted by Crippen LogP contribution is 2.14. The molecule has 1 heteroatoms. The highest BCUT2D eigenvalue weighted by atomic mass is 79.9. The fraction of sp³-hybridized carbons (Fsp3) is 0.625. The molecule has 0 amide bonds. The van der Waals surface area contributed by atoms with Gasteiger partial charge in [0, 0.05) is 0 Å². The van der Waals surface area contributed by atoms with Crippen LogP contribution in [-0.2, 0) is 0 Å². The van der Waals surface area contributed by atoms with E-state index in [0.717, 1.165) is 12.8 Å². The first-order valence-corrected chi connectivity index (χ1v) is 4.11. The Kier molecular flexibility index (Phi) is 5.16. The van der Waals surface area contributed by atoms with Crippen molar-refractivity contribution in [3.05, 3.63) is 17.5 Å².